The molecule has 0 saturated carbocycles. The Labute approximate surface area is 92.8 Å². The Morgan fingerprint density at radius 3 is 2.29 bits per heavy atom. The number of ether oxygens (including phenoxy) is 1. The fourth-order valence-corrected chi connectivity index (χ4v) is 1.40. The second-order valence-electron chi connectivity index (χ2n) is 3.00. The molecule has 0 amide bonds. The second kappa shape index (κ2) is 4.20. The second-order valence-corrected chi connectivity index (χ2v) is 4.19. The molecular weight excluding hydrogens is 223 g/mol. The largest absolute Gasteiger partial charge is 0.467 e. The molecular formula is C10H10Cl2O2. The monoisotopic (exact) mass is 232 g/mol. The van der Waals surface area contributed by atoms with Crippen LogP contribution in [-0.4, -0.2) is 13.1 Å². The quantitative estimate of drug-likeness (QED) is 0.579. The maximum Gasteiger partial charge on any atom is 0.331 e. The Morgan fingerprint density at radius 1 is 1.36 bits per heavy atom. The van der Waals surface area contributed by atoms with Crippen LogP contribution in [0.3, 0.4) is 0 Å². The number of benzene rings is 1. The number of esters is 1. The Bertz CT molecular complexity index is 330. The summed E-state index contributed by atoms with van der Waals surface area (Å²) in [4.78, 5) is 10.2. The summed E-state index contributed by atoms with van der Waals surface area (Å²) in [5.41, 5.74) is 0.662. The van der Waals surface area contributed by atoms with E-state index >= 15 is 0 Å². The van der Waals surface area contributed by atoms with E-state index in [1.807, 2.05) is 0 Å². The Morgan fingerprint density at radius 2 is 1.86 bits per heavy atom. The maximum atomic E-state index is 11.3. The van der Waals surface area contributed by atoms with Gasteiger partial charge in [0.2, 0.25) is 0 Å². The Hall–Kier alpha value is -0.730. The fourth-order valence-electron chi connectivity index (χ4n) is 1.07. The summed E-state index contributed by atoms with van der Waals surface area (Å²) in [6, 6.07) is 6.76. The minimum atomic E-state index is -1.15. The van der Waals surface area contributed by atoms with E-state index in [1.165, 1.54) is 7.11 Å². The molecule has 0 aliphatic rings. The van der Waals surface area contributed by atoms with Crippen LogP contribution in [0, 0.1) is 0 Å². The first-order valence-electron chi connectivity index (χ1n) is 4.02. The highest BCUT2D eigenvalue weighted by Crippen LogP contribution is 2.30. The molecule has 0 aliphatic carbocycles. The number of hydrogen-bond donors (Lipinski definition) is 0. The molecule has 0 bridgehead atoms. The Kier molecular flexibility index (Phi) is 3.40. The van der Waals surface area contributed by atoms with Crippen molar-refractivity contribution in [3.05, 3.63) is 34.9 Å². The van der Waals surface area contributed by atoms with E-state index in [9.17, 15) is 4.79 Å². The predicted octanol–water partition coefficient (Wildman–Crippen LogP) is 2.97. The van der Waals surface area contributed by atoms with Crippen LogP contribution >= 0.6 is 23.2 Å². The lowest BCUT2D eigenvalue weighted by atomic mass is 10.0. The smallest absolute Gasteiger partial charge is 0.331 e. The first kappa shape index (κ1) is 11.3. The lowest BCUT2D eigenvalue weighted by Crippen LogP contribution is -2.27. The molecule has 0 fully saturated rings. The minimum absolute atomic E-state index is 0.485. The molecule has 76 valence electrons. The zero-order valence-corrected chi connectivity index (χ0v) is 9.39. The van der Waals surface area contributed by atoms with E-state index in [0.29, 0.717) is 10.6 Å². The summed E-state index contributed by atoms with van der Waals surface area (Å²) in [6.07, 6.45) is 0. The van der Waals surface area contributed by atoms with Gasteiger partial charge in [0.25, 0.3) is 0 Å². The Balaban J connectivity index is 3.03. The zero-order chi connectivity index (χ0) is 10.8. The highest BCUT2D eigenvalue weighted by molar-refractivity contribution is 6.34. The van der Waals surface area contributed by atoms with Crippen LogP contribution in [-0.2, 0) is 14.4 Å². The molecule has 0 radical (unpaired) electrons. The van der Waals surface area contributed by atoms with Crippen LogP contribution in [0.25, 0.3) is 0 Å². The lowest BCUT2D eigenvalue weighted by Gasteiger charge is -2.19. The summed E-state index contributed by atoms with van der Waals surface area (Å²) in [6.45, 7) is 1.59. The molecule has 1 atom stereocenters. The maximum absolute atomic E-state index is 11.3. The van der Waals surface area contributed by atoms with Gasteiger partial charge < -0.3 is 4.74 Å². The van der Waals surface area contributed by atoms with Gasteiger partial charge >= 0.3 is 5.97 Å². The van der Waals surface area contributed by atoms with Crippen LogP contribution in [0.2, 0.25) is 5.02 Å². The average Bonchev–Trinajstić information content (AvgIpc) is 2.17. The SMILES string of the molecule is COC(=O)C(C)(Cl)c1ccc(Cl)cc1. The molecule has 1 aromatic carbocycles. The third kappa shape index (κ3) is 2.20. The van der Waals surface area contributed by atoms with Gasteiger partial charge in [-0.3, -0.25) is 0 Å². The number of carbonyl (C=O) groups is 1. The summed E-state index contributed by atoms with van der Waals surface area (Å²) in [5.74, 6) is -0.485. The van der Waals surface area contributed by atoms with Crippen molar-refractivity contribution in [2.24, 2.45) is 0 Å². The van der Waals surface area contributed by atoms with Gasteiger partial charge in [-0.25, -0.2) is 4.79 Å². The van der Waals surface area contributed by atoms with Gasteiger partial charge in [-0.15, -0.1) is 11.6 Å². The highest BCUT2D eigenvalue weighted by atomic mass is 35.5. The normalized spacial score (nSPS) is 14.6. The van der Waals surface area contributed by atoms with Gasteiger partial charge in [0.15, 0.2) is 4.87 Å². The van der Waals surface area contributed by atoms with Gasteiger partial charge in [-0.1, -0.05) is 23.7 Å². The number of alkyl halides is 1. The molecule has 4 heteroatoms. The van der Waals surface area contributed by atoms with E-state index in [4.69, 9.17) is 23.2 Å². The van der Waals surface area contributed by atoms with Crippen molar-refractivity contribution in [3.8, 4) is 0 Å². The molecule has 1 rings (SSSR count). The third-order valence-electron chi connectivity index (χ3n) is 1.96. The summed E-state index contributed by atoms with van der Waals surface area (Å²) < 4.78 is 4.60. The van der Waals surface area contributed by atoms with Crippen molar-refractivity contribution in [2.45, 2.75) is 11.8 Å². The van der Waals surface area contributed by atoms with E-state index in [2.05, 4.69) is 4.74 Å². The number of methoxy groups -OCH3 is 1. The average molecular weight is 233 g/mol. The number of carbonyl (C=O) groups excluding carboxylic acids is 1. The van der Waals surface area contributed by atoms with E-state index in [-0.39, 0.29) is 0 Å². The first-order valence-corrected chi connectivity index (χ1v) is 4.77. The standard InChI is InChI=1S/C10H10Cl2O2/c1-10(12,9(13)14-2)7-3-5-8(11)6-4-7/h3-6H,1-2H3. The van der Waals surface area contributed by atoms with Crippen LogP contribution < -0.4 is 0 Å². The lowest BCUT2D eigenvalue weighted by molar-refractivity contribution is -0.143. The van der Waals surface area contributed by atoms with Crippen molar-refractivity contribution in [1.82, 2.24) is 0 Å². The summed E-state index contributed by atoms with van der Waals surface area (Å²) in [5, 5.41) is 0.603. The van der Waals surface area contributed by atoms with Crippen LogP contribution in [0.5, 0.6) is 0 Å². The summed E-state index contributed by atoms with van der Waals surface area (Å²) >= 11 is 11.8. The van der Waals surface area contributed by atoms with E-state index < -0.39 is 10.8 Å². The molecule has 2 nitrogen and oxygen atoms in total. The molecule has 0 N–H and O–H groups in total. The highest BCUT2D eigenvalue weighted by Gasteiger charge is 2.33. The van der Waals surface area contributed by atoms with Gasteiger partial charge in [-0.2, -0.15) is 0 Å². The van der Waals surface area contributed by atoms with Crippen molar-refractivity contribution < 1.29 is 9.53 Å². The number of hydrogen-bond acceptors (Lipinski definition) is 2. The molecule has 0 heterocycles. The topological polar surface area (TPSA) is 26.3 Å². The first-order chi connectivity index (χ1) is 6.48. The molecule has 1 unspecified atom stereocenters. The van der Waals surface area contributed by atoms with Crippen molar-refractivity contribution in [2.75, 3.05) is 7.11 Å². The minimum Gasteiger partial charge on any atom is -0.467 e. The fraction of sp³-hybridized carbons (Fsp3) is 0.300. The number of halogens is 2. The van der Waals surface area contributed by atoms with Gasteiger partial charge in [0.05, 0.1) is 7.11 Å². The molecule has 0 aromatic heterocycles. The van der Waals surface area contributed by atoms with Crippen LogP contribution in [0.1, 0.15) is 12.5 Å². The molecule has 0 saturated heterocycles. The molecule has 0 spiro atoms. The van der Waals surface area contributed by atoms with Gasteiger partial charge in [0.1, 0.15) is 0 Å². The van der Waals surface area contributed by atoms with Crippen molar-refractivity contribution in [1.29, 1.82) is 0 Å². The van der Waals surface area contributed by atoms with Crippen LogP contribution in [0.15, 0.2) is 24.3 Å². The molecule has 14 heavy (non-hydrogen) atoms. The van der Waals surface area contributed by atoms with Gasteiger partial charge in [-0.05, 0) is 24.6 Å². The van der Waals surface area contributed by atoms with Crippen LogP contribution in [0.4, 0.5) is 0 Å². The predicted molar refractivity (Wildman–Crippen MR) is 56.7 cm³/mol. The third-order valence-corrected chi connectivity index (χ3v) is 2.58. The van der Waals surface area contributed by atoms with E-state index in [0.717, 1.165) is 0 Å². The van der Waals surface area contributed by atoms with E-state index in [1.54, 1.807) is 31.2 Å². The zero-order valence-electron chi connectivity index (χ0n) is 7.88. The van der Waals surface area contributed by atoms with Crippen molar-refractivity contribution in [3.63, 3.8) is 0 Å². The van der Waals surface area contributed by atoms with Crippen molar-refractivity contribution >= 4 is 29.2 Å². The molecule has 0 aliphatic heterocycles. The van der Waals surface area contributed by atoms with Gasteiger partial charge in [0, 0.05) is 5.02 Å². The number of rotatable bonds is 2. The molecule has 1 aromatic rings. The summed E-state index contributed by atoms with van der Waals surface area (Å²) in [7, 11) is 1.30.